The Morgan fingerprint density at radius 1 is 1.39 bits per heavy atom. The highest BCUT2D eigenvalue weighted by atomic mass is 32.2. The van der Waals surface area contributed by atoms with Gasteiger partial charge in [0.25, 0.3) is 0 Å². The molecule has 0 aliphatic rings. The van der Waals surface area contributed by atoms with E-state index in [0.717, 1.165) is 0 Å². The number of hydrogen-bond acceptors (Lipinski definition) is 3. The maximum atomic E-state index is 12.9. The molecule has 0 radical (unpaired) electrons. The van der Waals surface area contributed by atoms with E-state index in [2.05, 4.69) is 0 Å². The summed E-state index contributed by atoms with van der Waals surface area (Å²) in [5.41, 5.74) is -0.544. The van der Waals surface area contributed by atoms with Crippen molar-refractivity contribution in [2.45, 2.75) is 37.7 Å². The Labute approximate surface area is 109 Å². The molecule has 1 rings (SSSR count). The van der Waals surface area contributed by atoms with Crippen molar-refractivity contribution < 1.29 is 18.1 Å². The number of carbonyl (C=O) groups excluding carboxylic acids is 1. The molecule has 3 nitrogen and oxygen atoms in total. The minimum Gasteiger partial charge on any atom is -0.460 e. The molecular weight excluding hydrogens is 255 g/mol. The predicted molar refractivity (Wildman–Crippen MR) is 68.1 cm³/mol. The van der Waals surface area contributed by atoms with Gasteiger partial charge in [-0.15, -0.1) is 0 Å². The quantitative estimate of drug-likeness (QED) is 0.791. The summed E-state index contributed by atoms with van der Waals surface area (Å²) in [6, 6.07) is 5.57. The van der Waals surface area contributed by atoms with Gasteiger partial charge < -0.3 is 4.74 Å². The van der Waals surface area contributed by atoms with Gasteiger partial charge in [0.05, 0.1) is 17.2 Å². The summed E-state index contributed by atoms with van der Waals surface area (Å²) in [5.74, 6) is -0.691. The fourth-order valence-corrected chi connectivity index (χ4v) is 2.36. The third kappa shape index (κ3) is 5.40. The summed E-state index contributed by atoms with van der Waals surface area (Å²) in [5, 5.41) is 0. The van der Waals surface area contributed by atoms with Crippen LogP contribution in [0.4, 0.5) is 4.39 Å². The van der Waals surface area contributed by atoms with Crippen molar-refractivity contribution in [3.8, 4) is 0 Å². The van der Waals surface area contributed by atoms with Crippen molar-refractivity contribution in [3.63, 3.8) is 0 Å². The lowest BCUT2D eigenvalue weighted by atomic mass is 10.2. The Kier molecular flexibility index (Phi) is 5.02. The van der Waals surface area contributed by atoms with E-state index < -0.39 is 28.2 Å². The summed E-state index contributed by atoms with van der Waals surface area (Å²) in [6.45, 7) is 5.32. The van der Waals surface area contributed by atoms with Crippen molar-refractivity contribution >= 4 is 16.8 Å². The normalized spacial score (nSPS) is 13.1. The van der Waals surface area contributed by atoms with Gasteiger partial charge in [-0.1, -0.05) is 6.07 Å². The van der Waals surface area contributed by atoms with Crippen LogP contribution < -0.4 is 0 Å². The Morgan fingerprint density at radius 2 is 2.06 bits per heavy atom. The second-order valence-electron chi connectivity index (χ2n) is 4.84. The molecule has 100 valence electrons. The van der Waals surface area contributed by atoms with Crippen LogP contribution in [0.2, 0.25) is 0 Å². The van der Waals surface area contributed by atoms with Crippen molar-refractivity contribution in [1.29, 1.82) is 0 Å². The van der Waals surface area contributed by atoms with E-state index in [1.165, 1.54) is 18.2 Å². The van der Waals surface area contributed by atoms with E-state index in [1.807, 2.05) is 0 Å². The molecule has 0 aliphatic carbocycles. The molecular formula is C13H17FO3S. The van der Waals surface area contributed by atoms with Crippen LogP contribution in [0.25, 0.3) is 0 Å². The van der Waals surface area contributed by atoms with E-state index in [9.17, 15) is 13.4 Å². The van der Waals surface area contributed by atoms with Crippen molar-refractivity contribution in [2.24, 2.45) is 0 Å². The molecule has 1 aromatic carbocycles. The smallest absolute Gasteiger partial charge is 0.307 e. The molecule has 0 heterocycles. The van der Waals surface area contributed by atoms with Gasteiger partial charge in [0, 0.05) is 10.6 Å². The standard InChI is InChI=1S/C13H17FO3S/c1-13(2,3)17-12(15)7-8-18(16)11-6-4-5-10(14)9-11/h4-6,9H,7-8H2,1-3H3. The molecule has 0 bridgehead atoms. The molecule has 0 spiro atoms. The van der Waals surface area contributed by atoms with Crippen LogP contribution in [-0.2, 0) is 20.3 Å². The molecule has 1 atom stereocenters. The first-order valence-electron chi connectivity index (χ1n) is 5.64. The second-order valence-corrected chi connectivity index (χ2v) is 6.41. The number of ether oxygens (including phenoxy) is 1. The van der Waals surface area contributed by atoms with Crippen molar-refractivity contribution in [2.75, 3.05) is 5.75 Å². The number of hydrogen-bond donors (Lipinski definition) is 0. The van der Waals surface area contributed by atoms with Gasteiger partial charge in [-0.2, -0.15) is 0 Å². The highest BCUT2D eigenvalue weighted by Gasteiger charge is 2.17. The van der Waals surface area contributed by atoms with E-state index in [4.69, 9.17) is 4.74 Å². The van der Waals surface area contributed by atoms with E-state index in [1.54, 1.807) is 26.8 Å². The zero-order chi connectivity index (χ0) is 13.8. The molecule has 0 aliphatic heterocycles. The maximum absolute atomic E-state index is 12.9. The molecule has 5 heteroatoms. The first-order valence-corrected chi connectivity index (χ1v) is 6.95. The van der Waals surface area contributed by atoms with E-state index >= 15 is 0 Å². The van der Waals surface area contributed by atoms with Gasteiger partial charge in [0.15, 0.2) is 0 Å². The van der Waals surface area contributed by atoms with Crippen LogP contribution in [0, 0.1) is 5.82 Å². The zero-order valence-corrected chi connectivity index (χ0v) is 11.6. The molecule has 0 aromatic heterocycles. The Hall–Kier alpha value is -1.23. The summed E-state index contributed by atoms with van der Waals surface area (Å²) in [4.78, 5) is 11.8. The molecule has 0 N–H and O–H groups in total. The lowest BCUT2D eigenvalue weighted by molar-refractivity contribution is -0.154. The van der Waals surface area contributed by atoms with Gasteiger partial charge in [-0.25, -0.2) is 4.39 Å². The number of halogens is 1. The fourth-order valence-electron chi connectivity index (χ4n) is 1.30. The van der Waals surface area contributed by atoms with Crippen LogP contribution in [-0.4, -0.2) is 21.5 Å². The second kappa shape index (κ2) is 6.09. The van der Waals surface area contributed by atoms with Gasteiger partial charge in [0.2, 0.25) is 0 Å². The van der Waals surface area contributed by atoms with E-state index in [-0.39, 0.29) is 12.2 Å². The predicted octanol–water partition coefficient (Wildman–Crippen LogP) is 2.67. The molecule has 18 heavy (non-hydrogen) atoms. The maximum Gasteiger partial charge on any atom is 0.307 e. The van der Waals surface area contributed by atoms with Crippen LogP contribution in [0.15, 0.2) is 29.2 Å². The molecule has 1 unspecified atom stereocenters. The largest absolute Gasteiger partial charge is 0.460 e. The van der Waals surface area contributed by atoms with Gasteiger partial charge in [-0.05, 0) is 39.0 Å². The zero-order valence-electron chi connectivity index (χ0n) is 10.7. The molecule has 0 fully saturated rings. The fraction of sp³-hybridized carbons (Fsp3) is 0.462. The Morgan fingerprint density at radius 3 is 2.61 bits per heavy atom. The van der Waals surface area contributed by atoms with Gasteiger partial charge >= 0.3 is 5.97 Å². The molecule has 0 saturated heterocycles. The Balaban J connectivity index is 2.49. The molecule has 0 saturated carbocycles. The number of esters is 1. The summed E-state index contributed by atoms with van der Waals surface area (Å²) >= 11 is 0. The average Bonchev–Trinajstić information content (AvgIpc) is 2.23. The monoisotopic (exact) mass is 272 g/mol. The first-order chi connectivity index (χ1) is 8.28. The van der Waals surface area contributed by atoms with E-state index in [0.29, 0.717) is 4.90 Å². The van der Waals surface area contributed by atoms with Gasteiger partial charge in [-0.3, -0.25) is 9.00 Å². The van der Waals surface area contributed by atoms with Gasteiger partial charge in [0.1, 0.15) is 11.4 Å². The topological polar surface area (TPSA) is 43.4 Å². The van der Waals surface area contributed by atoms with Crippen LogP contribution in [0.1, 0.15) is 27.2 Å². The average molecular weight is 272 g/mol. The van der Waals surface area contributed by atoms with Crippen LogP contribution in [0.5, 0.6) is 0 Å². The third-order valence-electron chi connectivity index (χ3n) is 1.97. The van der Waals surface area contributed by atoms with Crippen molar-refractivity contribution in [3.05, 3.63) is 30.1 Å². The third-order valence-corrected chi connectivity index (χ3v) is 3.33. The van der Waals surface area contributed by atoms with Crippen LogP contribution in [0.3, 0.4) is 0 Å². The highest BCUT2D eigenvalue weighted by Crippen LogP contribution is 2.12. The Bertz CT molecular complexity index is 452. The summed E-state index contributed by atoms with van der Waals surface area (Å²) in [6.07, 6.45) is 0.0559. The highest BCUT2D eigenvalue weighted by molar-refractivity contribution is 7.85. The lowest BCUT2D eigenvalue weighted by Gasteiger charge is -2.19. The first kappa shape index (κ1) is 14.8. The molecule has 0 amide bonds. The van der Waals surface area contributed by atoms with Crippen molar-refractivity contribution in [1.82, 2.24) is 0 Å². The molecule has 1 aromatic rings. The minimum absolute atomic E-state index is 0.0559. The number of carbonyl (C=O) groups is 1. The summed E-state index contributed by atoms with van der Waals surface area (Å²) in [7, 11) is -1.38. The minimum atomic E-state index is -1.38. The lowest BCUT2D eigenvalue weighted by Crippen LogP contribution is -2.24. The summed E-state index contributed by atoms with van der Waals surface area (Å²) < 4.78 is 29.8. The van der Waals surface area contributed by atoms with Crippen LogP contribution >= 0.6 is 0 Å². The SMILES string of the molecule is CC(C)(C)OC(=O)CCS(=O)c1cccc(F)c1. The number of rotatable bonds is 4. The number of benzene rings is 1.